The van der Waals surface area contributed by atoms with E-state index >= 15 is 0 Å². The lowest BCUT2D eigenvalue weighted by atomic mass is 10.1. The number of nitriles is 1. The van der Waals surface area contributed by atoms with E-state index in [-0.39, 0.29) is 5.82 Å². The first-order valence-corrected chi connectivity index (χ1v) is 4.87. The van der Waals surface area contributed by atoms with Gasteiger partial charge in [-0.25, -0.2) is 4.39 Å². The second kappa shape index (κ2) is 4.54. The molecule has 16 heavy (non-hydrogen) atoms. The minimum Gasteiger partial charge on any atom is -0.256 e. The monoisotopic (exact) mass is 212 g/mol. The second-order valence-electron chi connectivity index (χ2n) is 3.39. The fourth-order valence-corrected chi connectivity index (χ4v) is 1.41. The van der Waals surface area contributed by atoms with Crippen molar-refractivity contribution in [3.05, 3.63) is 54.0 Å². The summed E-state index contributed by atoms with van der Waals surface area (Å²) in [6.45, 7) is 0. The van der Waals surface area contributed by atoms with Crippen molar-refractivity contribution in [2.75, 3.05) is 0 Å². The minimum atomic E-state index is -0.259. The Kier molecular flexibility index (Phi) is 2.93. The van der Waals surface area contributed by atoms with Crippen LogP contribution in [-0.4, -0.2) is 4.98 Å². The summed E-state index contributed by atoms with van der Waals surface area (Å²) in [6, 6.07) is 11.9. The number of nitrogens with zero attached hydrogens (tertiary/aromatic N) is 2. The molecule has 0 fully saturated rings. The van der Waals surface area contributed by atoms with Crippen LogP contribution in [0.1, 0.15) is 5.56 Å². The van der Waals surface area contributed by atoms with Crippen LogP contribution in [0.2, 0.25) is 0 Å². The Morgan fingerprint density at radius 3 is 2.44 bits per heavy atom. The standard InChI is InChI=1S/C13H9FN2/c14-12-4-2-11(3-5-12)13-6-1-10(7-8-15)9-16-13/h1-6,9H,7H2. The van der Waals surface area contributed by atoms with Gasteiger partial charge in [-0.15, -0.1) is 0 Å². The lowest BCUT2D eigenvalue weighted by molar-refractivity contribution is 0.628. The van der Waals surface area contributed by atoms with Crippen molar-refractivity contribution in [2.45, 2.75) is 6.42 Å². The van der Waals surface area contributed by atoms with Gasteiger partial charge in [0.25, 0.3) is 0 Å². The van der Waals surface area contributed by atoms with E-state index in [1.54, 1.807) is 18.3 Å². The van der Waals surface area contributed by atoms with E-state index < -0.39 is 0 Å². The molecular formula is C13H9FN2. The maximum Gasteiger partial charge on any atom is 0.123 e. The summed E-state index contributed by atoms with van der Waals surface area (Å²) in [7, 11) is 0. The minimum absolute atomic E-state index is 0.259. The van der Waals surface area contributed by atoms with Crippen molar-refractivity contribution in [3.8, 4) is 17.3 Å². The molecule has 0 atom stereocenters. The van der Waals surface area contributed by atoms with Crippen molar-refractivity contribution in [1.29, 1.82) is 5.26 Å². The van der Waals surface area contributed by atoms with Gasteiger partial charge in [-0.1, -0.05) is 6.07 Å². The molecule has 0 aliphatic rings. The smallest absolute Gasteiger partial charge is 0.123 e. The van der Waals surface area contributed by atoms with Crippen LogP contribution in [0, 0.1) is 17.1 Å². The molecule has 2 aromatic rings. The Morgan fingerprint density at radius 2 is 1.88 bits per heavy atom. The highest BCUT2D eigenvalue weighted by molar-refractivity contribution is 5.58. The fourth-order valence-electron chi connectivity index (χ4n) is 1.41. The zero-order valence-electron chi connectivity index (χ0n) is 8.52. The van der Waals surface area contributed by atoms with Gasteiger partial charge in [0, 0.05) is 11.8 Å². The van der Waals surface area contributed by atoms with Crippen LogP contribution in [0.25, 0.3) is 11.3 Å². The quantitative estimate of drug-likeness (QED) is 0.767. The lowest BCUT2D eigenvalue weighted by Crippen LogP contribution is -1.87. The Morgan fingerprint density at radius 1 is 1.12 bits per heavy atom. The van der Waals surface area contributed by atoms with Crippen molar-refractivity contribution in [1.82, 2.24) is 4.98 Å². The van der Waals surface area contributed by atoms with E-state index in [4.69, 9.17) is 5.26 Å². The average Bonchev–Trinajstić information content (AvgIpc) is 2.32. The van der Waals surface area contributed by atoms with E-state index in [1.165, 1.54) is 12.1 Å². The number of rotatable bonds is 2. The van der Waals surface area contributed by atoms with E-state index in [0.29, 0.717) is 6.42 Å². The van der Waals surface area contributed by atoms with Crippen LogP contribution < -0.4 is 0 Å². The first-order valence-electron chi connectivity index (χ1n) is 4.87. The largest absolute Gasteiger partial charge is 0.256 e. The van der Waals surface area contributed by atoms with E-state index in [9.17, 15) is 4.39 Å². The van der Waals surface area contributed by atoms with Gasteiger partial charge >= 0.3 is 0 Å². The summed E-state index contributed by atoms with van der Waals surface area (Å²) in [5.74, 6) is -0.259. The molecule has 2 rings (SSSR count). The molecule has 0 aliphatic heterocycles. The molecule has 1 heterocycles. The van der Waals surface area contributed by atoms with Gasteiger partial charge in [0.15, 0.2) is 0 Å². The topological polar surface area (TPSA) is 36.7 Å². The Balaban J connectivity index is 2.28. The molecule has 1 aromatic carbocycles. The zero-order chi connectivity index (χ0) is 11.4. The number of benzene rings is 1. The average molecular weight is 212 g/mol. The summed E-state index contributed by atoms with van der Waals surface area (Å²) in [6.07, 6.45) is 2.03. The van der Waals surface area contributed by atoms with Gasteiger partial charge in [0.1, 0.15) is 5.82 Å². The molecule has 78 valence electrons. The van der Waals surface area contributed by atoms with E-state index in [2.05, 4.69) is 11.1 Å². The molecule has 0 spiro atoms. The summed E-state index contributed by atoms with van der Waals surface area (Å²) in [5.41, 5.74) is 2.53. The molecule has 0 amide bonds. The molecular weight excluding hydrogens is 203 g/mol. The van der Waals surface area contributed by atoms with Crippen LogP contribution in [0.5, 0.6) is 0 Å². The molecule has 0 aliphatic carbocycles. The third-order valence-electron chi connectivity index (χ3n) is 2.25. The molecule has 0 unspecified atom stereocenters. The summed E-state index contributed by atoms with van der Waals surface area (Å²) in [5, 5.41) is 8.52. The molecule has 0 saturated carbocycles. The highest BCUT2D eigenvalue weighted by Gasteiger charge is 1.99. The van der Waals surface area contributed by atoms with Crippen molar-refractivity contribution >= 4 is 0 Å². The van der Waals surface area contributed by atoms with Crippen LogP contribution in [-0.2, 0) is 6.42 Å². The molecule has 0 radical (unpaired) electrons. The Hall–Kier alpha value is -2.21. The highest BCUT2D eigenvalue weighted by Crippen LogP contribution is 2.17. The highest BCUT2D eigenvalue weighted by atomic mass is 19.1. The Bertz CT molecular complexity index is 509. The van der Waals surface area contributed by atoms with Gasteiger partial charge in [0.2, 0.25) is 0 Å². The van der Waals surface area contributed by atoms with Crippen LogP contribution in [0.4, 0.5) is 4.39 Å². The van der Waals surface area contributed by atoms with Gasteiger partial charge in [-0.2, -0.15) is 5.26 Å². The zero-order valence-corrected chi connectivity index (χ0v) is 8.52. The third kappa shape index (κ3) is 2.23. The normalized spacial score (nSPS) is 9.75. The number of hydrogen-bond donors (Lipinski definition) is 0. The molecule has 3 heteroatoms. The first kappa shape index (κ1) is 10.3. The number of pyridine rings is 1. The predicted molar refractivity (Wildman–Crippen MR) is 58.9 cm³/mol. The van der Waals surface area contributed by atoms with Gasteiger partial charge < -0.3 is 0 Å². The predicted octanol–water partition coefficient (Wildman–Crippen LogP) is 2.95. The van der Waals surface area contributed by atoms with Crippen LogP contribution in [0.3, 0.4) is 0 Å². The molecule has 1 aromatic heterocycles. The number of aromatic nitrogens is 1. The van der Waals surface area contributed by atoms with Crippen LogP contribution in [0.15, 0.2) is 42.6 Å². The van der Waals surface area contributed by atoms with Crippen molar-refractivity contribution in [3.63, 3.8) is 0 Å². The van der Waals surface area contributed by atoms with Gasteiger partial charge in [0.05, 0.1) is 18.2 Å². The van der Waals surface area contributed by atoms with Crippen LogP contribution >= 0.6 is 0 Å². The van der Waals surface area contributed by atoms with Gasteiger partial charge in [-0.3, -0.25) is 4.98 Å². The third-order valence-corrected chi connectivity index (χ3v) is 2.25. The Labute approximate surface area is 93.0 Å². The van der Waals surface area contributed by atoms with Crippen molar-refractivity contribution < 1.29 is 4.39 Å². The van der Waals surface area contributed by atoms with Gasteiger partial charge in [-0.05, 0) is 35.9 Å². The number of hydrogen-bond acceptors (Lipinski definition) is 2. The SMILES string of the molecule is N#CCc1ccc(-c2ccc(F)cc2)nc1. The molecule has 0 N–H and O–H groups in total. The molecule has 2 nitrogen and oxygen atoms in total. The maximum atomic E-state index is 12.7. The summed E-state index contributed by atoms with van der Waals surface area (Å²) < 4.78 is 12.7. The van der Waals surface area contributed by atoms with E-state index in [1.807, 2.05) is 12.1 Å². The fraction of sp³-hybridized carbons (Fsp3) is 0.0769. The summed E-state index contributed by atoms with van der Waals surface area (Å²) >= 11 is 0. The summed E-state index contributed by atoms with van der Waals surface area (Å²) in [4.78, 5) is 4.22. The molecule has 0 bridgehead atoms. The van der Waals surface area contributed by atoms with Crippen molar-refractivity contribution in [2.24, 2.45) is 0 Å². The first-order chi connectivity index (χ1) is 7.79. The molecule has 0 saturated heterocycles. The maximum absolute atomic E-state index is 12.7. The second-order valence-corrected chi connectivity index (χ2v) is 3.39. The number of halogens is 1. The lowest BCUT2D eigenvalue weighted by Gasteiger charge is -2.01. The van der Waals surface area contributed by atoms with E-state index in [0.717, 1.165) is 16.8 Å².